The third-order valence-corrected chi connectivity index (χ3v) is 4.29. The SMILES string of the molecule is COc1ccc(-c2nn([C@@H](C)C(=O)Nc3ccccc3)c(=O)cc2OC)cc1. The molecule has 0 unspecified atom stereocenters. The van der Waals surface area contributed by atoms with Gasteiger partial charge >= 0.3 is 0 Å². The molecule has 7 heteroatoms. The molecular formula is C21H21N3O4. The number of methoxy groups -OCH3 is 2. The van der Waals surface area contributed by atoms with E-state index in [-0.39, 0.29) is 5.91 Å². The minimum atomic E-state index is -0.810. The molecule has 0 aliphatic rings. The van der Waals surface area contributed by atoms with Crippen molar-refractivity contribution in [1.82, 2.24) is 9.78 Å². The van der Waals surface area contributed by atoms with E-state index in [1.807, 2.05) is 30.3 Å². The molecule has 1 amide bonds. The summed E-state index contributed by atoms with van der Waals surface area (Å²) in [6.45, 7) is 1.62. The summed E-state index contributed by atoms with van der Waals surface area (Å²) in [6.07, 6.45) is 0. The maximum Gasteiger partial charge on any atom is 0.271 e. The van der Waals surface area contributed by atoms with Crippen molar-refractivity contribution in [1.29, 1.82) is 0 Å². The zero-order valence-electron chi connectivity index (χ0n) is 15.9. The fraction of sp³-hybridized carbons (Fsp3) is 0.190. The molecule has 3 rings (SSSR count). The molecule has 0 aliphatic carbocycles. The Bertz CT molecular complexity index is 1010. The van der Waals surface area contributed by atoms with Gasteiger partial charge in [-0.15, -0.1) is 0 Å². The van der Waals surface area contributed by atoms with Gasteiger partial charge in [0.2, 0.25) is 5.91 Å². The Labute approximate surface area is 162 Å². The van der Waals surface area contributed by atoms with Crippen LogP contribution in [0.4, 0.5) is 5.69 Å². The Morgan fingerprint density at radius 3 is 2.32 bits per heavy atom. The van der Waals surface area contributed by atoms with Crippen LogP contribution in [-0.4, -0.2) is 29.9 Å². The van der Waals surface area contributed by atoms with Gasteiger partial charge in [-0.2, -0.15) is 5.10 Å². The van der Waals surface area contributed by atoms with E-state index in [0.29, 0.717) is 22.9 Å². The van der Waals surface area contributed by atoms with Gasteiger partial charge in [0.05, 0.1) is 14.2 Å². The van der Waals surface area contributed by atoms with Crippen LogP contribution < -0.4 is 20.3 Å². The fourth-order valence-corrected chi connectivity index (χ4v) is 2.71. The maximum atomic E-state index is 12.6. The van der Waals surface area contributed by atoms with Crippen molar-refractivity contribution in [3.8, 4) is 22.8 Å². The highest BCUT2D eigenvalue weighted by Crippen LogP contribution is 2.28. The number of hydrogen-bond donors (Lipinski definition) is 1. The Hall–Kier alpha value is -3.61. The van der Waals surface area contributed by atoms with Gasteiger partial charge in [-0.05, 0) is 43.3 Å². The van der Waals surface area contributed by atoms with Crippen LogP contribution in [-0.2, 0) is 4.79 Å². The van der Waals surface area contributed by atoms with Crippen molar-refractivity contribution in [3.05, 3.63) is 71.0 Å². The third-order valence-electron chi connectivity index (χ3n) is 4.29. The zero-order chi connectivity index (χ0) is 20.1. The lowest BCUT2D eigenvalue weighted by Gasteiger charge is -2.17. The van der Waals surface area contributed by atoms with Crippen molar-refractivity contribution in [2.45, 2.75) is 13.0 Å². The molecule has 0 saturated heterocycles. The number of nitrogens with one attached hydrogen (secondary N) is 1. The van der Waals surface area contributed by atoms with Gasteiger partial charge in [0.25, 0.3) is 5.56 Å². The Kier molecular flexibility index (Phi) is 5.74. The number of carbonyl (C=O) groups is 1. The number of aromatic nitrogens is 2. The number of benzene rings is 2. The highest BCUT2D eigenvalue weighted by Gasteiger charge is 2.20. The minimum absolute atomic E-state index is 0.335. The first-order valence-electron chi connectivity index (χ1n) is 8.71. The average Bonchev–Trinajstić information content (AvgIpc) is 2.73. The van der Waals surface area contributed by atoms with Crippen LogP contribution in [0, 0.1) is 0 Å². The van der Waals surface area contributed by atoms with E-state index >= 15 is 0 Å². The molecule has 1 N–H and O–H groups in total. The molecule has 1 atom stereocenters. The van der Waals surface area contributed by atoms with Gasteiger partial charge < -0.3 is 14.8 Å². The fourth-order valence-electron chi connectivity index (χ4n) is 2.71. The quantitative estimate of drug-likeness (QED) is 0.712. The van der Waals surface area contributed by atoms with Crippen LogP contribution in [0.1, 0.15) is 13.0 Å². The zero-order valence-corrected chi connectivity index (χ0v) is 15.9. The number of ether oxygens (including phenoxy) is 2. The summed E-state index contributed by atoms with van der Waals surface area (Å²) in [5.41, 5.74) is 1.42. The lowest BCUT2D eigenvalue weighted by molar-refractivity contribution is -0.119. The predicted molar refractivity (Wildman–Crippen MR) is 107 cm³/mol. The second-order valence-corrected chi connectivity index (χ2v) is 6.10. The van der Waals surface area contributed by atoms with Gasteiger partial charge in [0.15, 0.2) is 5.75 Å². The Morgan fingerprint density at radius 2 is 1.71 bits per heavy atom. The molecular weight excluding hydrogens is 358 g/mol. The van der Waals surface area contributed by atoms with Crippen molar-refractivity contribution in [2.75, 3.05) is 19.5 Å². The lowest BCUT2D eigenvalue weighted by Crippen LogP contribution is -2.33. The molecule has 7 nitrogen and oxygen atoms in total. The monoisotopic (exact) mass is 379 g/mol. The average molecular weight is 379 g/mol. The number of hydrogen-bond acceptors (Lipinski definition) is 5. The second kappa shape index (κ2) is 8.39. The number of anilines is 1. The van der Waals surface area contributed by atoms with Crippen LogP contribution in [0.3, 0.4) is 0 Å². The molecule has 2 aromatic carbocycles. The van der Waals surface area contributed by atoms with Crippen LogP contribution in [0.15, 0.2) is 65.5 Å². The largest absolute Gasteiger partial charge is 0.497 e. The second-order valence-electron chi connectivity index (χ2n) is 6.10. The Balaban J connectivity index is 1.96. The molecule has 0 fully saturated rings. The molecule has 144 valence electrons. The number of carbonyl (C=O) groups excluding carboxylic acids is 1. The summed E-state index contributed by atoms with van der Waals surface area (Å²) < 4.78 is 11.6. The summed E-state index contributed by atoms with van der Waals surface area (Å²) >= 11 is 0. The molecule has 0 saturated carbocycles. The van der Waals surface area contributed by atoms with Crippen LogP contribution in [0.25, 0.3) is 11.3 Å². The molecule has 0 aliphatic heterocycles. The molecule has 28 heavy (non-hydrogen) atoms. The van der Waals surface area contributed by atoms with Gasteiger partial charge in [-0.25, -0.2) is 4.68 Å². The van der Waals surface area contributed by atoms with Crippen molar-refractivity contribution in [3.63, 3.8) is 0 Å². The first kappa shape index (κ1) is 19.2. The van der Waals surface area contributed by atoms with Crippen LogP contribution in [0.2, 0.25) is 0 Å². The molecule has 1 heterocycles. The summed E-state index contributed by atoms with van der Waals surface area (Å²) in [6, 6.07) is 16.8. The number of rotatable bonds is 6. The highest BCUT2D eigenvalue weighted by atomic mass is 16.5. The molecule has 0 bridgehead atoms. The molecule has 3 aromatic rings. The molecule has 0 spiro atoms. The van der Waals surface area contributed by atoms with E-state index in [4.69, 9.17) is 9.47 Å². The van der Waals surface area contributed by atoms with Gasteiger partial charge in [0.1, 0.15) is 17.5 Å². The van der Waals surface area contributed by atoms with E-state index in [1.165, 1.54) is 13.2 Å². The van der Waals surface area contributed by atoms with Gasteiger partial charge in [-0.3, -0.25) is 9.59 Å². The number of para-hydroxylation sites is 1. The van der Waals surface area contributed by atoms with E-state index in [2.05, 4.69) is 10.4 Å². The maximum absolute atomic E-state index is 12.6. The smallest absolute Gasteiger partial charge is 0.271 e. The van der Waals surface area contributed by atoms with Crippen LogP contribution in [0.5, 0.6) is 11.5 Å². The topological polar surface area (TPSA) is 82.5 Å². The van der Waals surface area contributed by atoms with E-state index < -0.39 is 11.6 Å². The number of amides is 1. The lowest BCUT2D eigenvalue weighted by atomic mass is 10.1. The summed E-state index contributed by atoms with van der Waals surface area (Å²) in [7, 11) is 3.06. The first-order valence-corrected chi connectivity index (χ1v) is 8.71. The van der Waals surface area contributed by atoms with Gasteiger partial charge in [-0.1, -0.05) is 18.2 Å². The first-order chi connectivity index (χ1) is 13.5. The van der Waals surface area contributed by atoms with E-state index in [1.54, 1.807) is 38.3 Å². The van der Waals surface area contributed by atoms with Crippen molar-refractivity contribution >= 4 is 11.6 Å². The molecule has 1 aromatic heterocycles. The third kappa shape index (κ3) is 4.03. The van der Waals surface area contributed by atoms with E-state index in [0.717, 1.165) is 10.2 Å². The van der Waals surface area contributed by atoms with Crippen molar-refractivity contribution in [2.24, 2.45) is 0 Å². The van der Waals surface area contributed by atoms with Crippen molar-refractivity contribution < 1.29 is 14.3 Å². The standard InChI is InChI=1S/C21H21N3O4/c1-14(21(26)22-16-7-5-4-6-8-16)24-19(25)13-18(28-3)20(23-24)15-9-11-17(27-2)12-10-15/h4-14H,1-3H3,(H,22,26)/t14-/m0/s1. The summed E-state index contributed by atoms with van der Waals surface area (Å²) in [5.74, 6) is 0.695. The summed E-state index contributed by atoms with van der Waals surface area (Å²) in [5, 5.41) is 7.19. The van der Waals surface area contributed by atoms with E-state index in [9.17, 15) is 9.59 Å². The van der Waals surface area contributed by atoms with Gasteiger partial charge in [0, 0.05) is 17.3 Å². The number of nitrogens with zero attached hydrogens (tertiary/aromatic N) is 2. The predicted octanol–water partition coefficient (Wildman–Crippen LogP) is 3.13. The minimum Gasteiger partial charge on any atom is -0.497 e. The molecule has 0 radical (unpaired) electrons. The summed E-state index contributed by atoms with van der Waals surface area (Å²) in [4.78, 5) is 25.1. The van der Waals surface area contributed by atoms with Crippen LogP contribution >= 0.6 is 0 Å². The highest BCUT2D eigenvalue weighted by molar-refractivity contribution is 5.93. The normalized spacial score (nSPS) is 11.5. The Morgan fingerprint density at radius 1 is 1.04 bits per heavy atom.